The van der Waals surface area contributed by atoms with E-state index in [-0.39, 0.29) is 39.4 Å². The Morgan fingerprint density at radius 1 is 0.944 bits per heavy atom. The van der Waals surface area contributed by atoms with E-state index in [1.54, 1.807) is 12.1 Å². The summed E-state index contributed by atoms with van der Waals surface area (Å²) in [6, 6.07) is 9.25. The summed E-state index contributed by atoms with van der Waals surface area (Å²) in [5, 5.41) is 29.8. The average molecular weight is 497 g/mol. The Hall–Kier alpha value is -5.47. The molecule has 0 unspecified atom stereocenters. The van der Waals surface area contributed by atoms with Crippen LogP contribution in [-0.4, -0.2) is 52.5 Å². The smallest absolute Gasteiger partial charge is 0.314 e. The minimum absolute atomic E-state index is 0.0895. The number of hydrazine groups is 1. The maximum atomic E-state index is 12.3. The van der Waals surface area contributed by atoms with Gasteiger partial charge < -0.3 is 25.6 Å². The summed E-state index contributed by atoms with van der Waals surface area (Å²) >= 11 is 0. The van der Waals surface area contributed by atoms with Crippen LogP contribution in [0.25, 0.3) is 22.1 Å². The van der Waals surface area contributed by atoms with Gasteiger partial charge in [-0.05, 0) is 18.2 Å². The van der Waals surface area contributed by atoms with E-state index in [1.807, 2.05) is 0 Å². The van der Waals surface area contributed by atoms with Crippen LogP contribution < -0.4 is 39.7 Å². The SMILES string of the molecule is COc1ccc2c(c1)n(O)c(/C=[NH+]/NC(N)=N/[NH+]=C/c1c[n+](=O)c3cc(OC)ccc3n1O)c[n+]2=O. The molecule has 0 bridgehead atoms. The zero-order chi connectivity index (χ0) is 25.8. The van der Waals surface area contributed by atoms with Crippen LogP contribution in [0.1, 0.15) is 11.4 Å². The Kier molecular flexibility index (Phi) is 6.44. The molecule has 7 N–H and O–H groups in total. The van der Waals surface area contributed by atoms with Crippen molar-refractivity contribution in [1.29, 1.82) is 0 Å². The van der Waals surface area contributed by atoms with Crippen LogP contribution >= 0.6 is 0 Å². The van der Waals surface area contributed by atoms with Crippen molar-refractivity contribution in [1.82, 2.24) is 14.9 Å². The average Bonchev–Trinajstić information content (AvgIpc) is 2.89. The predicted octanol–water partition coefficient (Wildman–Crippen LogP) is -3.65. The Bertz CT molecular complexity index is 1670. The van der Waals surface area contributed by atoms with Crippen LogP contribution in [0.3, 0.4) is 0 Å². The Morgan fingerprint density at radius 3 is 2.28 bits per heavy atom. The lowest BCUT2D eigenvalue weighted by Gasteiger charge is -2.03. The van der Waals surface area contributed by atoms with E-state index in [4.69, 9.17) is 15.2 Å². The van der Waals surface area contributed by atoms with Gasteiger partial charge in [0, 0.05) is 27.0 Å². The minimum Gasteiger partial charge on any atom is -0.497 e. The van der Waals surface area contributed by atoms with Gasteiger partial charge in [0.1, 0.15) is 11.5 Å². The molecule has 0 aliphatic rings. The minimum atomic E-state index is -0.144. The van der Waals surface area contributed by atoms with Gasteiger partial charge >= 0.3 is 5.96 Å². The molecule has 15 heteroatoms. The van der Waals surface area contributed by atoms with Gasteiger partial charge in [-0.15, -0.1) is 15.6 Å². The summed E-state index contributed by atoms with van der Waals surface area (Å²) in [6.07, 6.45) is 4.80. The van der Waals surface area contributed by atoms with E-state index in [1.165, 1.54) is 50.9 Å². The van der Waals surface area contributed by atoms with Gasteiger partial charge in [-0.3, -0.25) is 0 Å². The van der Waals surface area contributed by atoms with Crippen LogP contribution in [0.15, 0.2) is 53.9 Å². The fraction of sp³-hybridized carbons (Fsp3) is 0.0952. The monoisotopic (exact) mass is 497 g/mol. The first-order valence-corrected chi connectivity index (χ1v) is 10.3. The Labute approximate surface area is 201 Å². The van der Waals surface area contributed by atoms with Crippen molar-refractivity contribution < 1.29 is 38.9 Å². The summed E-state index contributed by atoms with van der Waals surface area (Å²) in [6.45, 7) is 0. The zero-order valence-corrected chi connectivity index (χ0v) is 19.1. The quantitative estimate of drug-likeness (QED) is 0.0516. The van der Waals surface area contributed by atoms with Gasteiger partial charge in [0.25, 0.3) is 23.4 Å². The van der Waals surface area contributed by atoms with Crippen molar-refractivity contribution >= 4 is 40.5 Å². The first-order valence-electron chi connectivity index (χ1n) is 10.3. The first-order chi connectivity index (χ1) is 17.3. The lowest BCUT2D eigenvalue weighted by atomic mass is 10.2. The number of nitrogens with one attached hydrogen (secondary N) is 3. The molecular formula is C21H23N9O6+4. The van der Waals surface area contributed by atoms with E-state index in [2.05, 4.69) is 20.7 Å². The van der Waals surface area contributed by atoms with E-state index >= 15 is 0 Å². The molecule has 0 atom stereocenters. The van der Waals surface area contributed by atoms with Crippen molar-refractivity contribution in [3.05, 3.63) is 70.0 Å². The van der Waals surface area contributed by atoms with Gasteiger partial charge in [-0.25, -0.2) is 0 Å². The summed E-state index contributed by atoms with van der Waals surface area (Å²) in [7, 11) is 2.94. The lowest BCUT2D eigenvalue weighted by Crippen LogP contribution is -2.84. The van der Waals surface area contributed by atoms with Gasteiger partial charge in [0.05, 0.1) is 29.1 Å². The number of hydrogen-bond acceptors (Lipinski definition) is 7. The summed E-state index contributed by atoms with van der Waals surface area (Å²) in [5.41, 5.74) is 9.38. The highest BCUT2D eigenvalue weighted by molar-refractivity contribution is 5.81. The standard InChI is InChI=1S/C21H21N9O6/c1-35-15-4-6-18-19(7-15)28(32)12-13(29(18)33)9-23-25-21(22)26-24-10-14-11-27(31)17-5-3-16(36-2)8-20(17)30(14)34/h3-12,33-34H,1-2H3,(H3,22,25,26)/q+2/p+2/b23-9+,24-10+. The topological polar surface area (TPSA) is 193 Å². The third kappa shape index (κ3) is 4.60. The summed E-state index contributed by atoms with van der Waals surface area (Å²) < 4.78 is 13.0. The molecule has 0 saturated heterocycles. The number of hydrazone groups is 2. The fourth-order valence-electron chi connectivity index (χ4n) is 3.32. The number of guanidine groups is 1. The molecule has 0 aliphatic carbocycles. The van der Waals surface area contributed by atoms with Crippen LogP contribution in [0.5, 0.6) is 11.5 Å². The normalized spacial score (nSPS) is 12.1. The first kappa shape index (κ1) is 23.7. The largest absolute Gasteiger partial charge is 0.497 e. The van der Waals surface area contributed by atoms with Crippen molar-refractivity contribution in [2.24, 2.45) is 10.8 Å². The molecule has 0 saturated carbocycles. The van der Waals surface area contributed by atoms with Crippen molar-refractivity contribution in [2.75, 3.05) is 14.2 Å². The molecule has 4 aromatic rings. The summed E-state index contributed by atoms with van der Waals surface area (Å²) in [4.78, 5) is 24.6. The highest BCUT2D eigenvalue weighted by Crippen LogP contribution is 2.18. The van der Waals surface area contributed by atoms with Crippen molar-refractivity contribution in [3.63, 3.8) is 0 Å². The molecular weight excluding hydrogens is 474 g/mol. The predicted molar refractivity (Wildman–Crippen MR) is 125 cm³/mol. The number of aromatic nitrogens is 4. The number of ether oxygens (including phenoxy) is 2. The molecule has 0 aliphatic heterocycles. The molecule has 36 heavy (non-hydrogen) atoms. The second kappa shape index (κ2) is 9.80. The fourth-order valence-corrected chi connectivity index (χ4v) is 3.32. The second-order valence-corrected chi connectivity index (χ2v) is 7.28. The van der Waals surface area contributed by atoms with Gasteiger partial charge in [-0.1, -0.05) is 0 Å². The highest BCUT2D eigenvalue weighted by Gasteiger charge is 2.18. The zero-order valence-electron chi connectivity index (χ0n) is 19.1. The number of methoxy groups -OCH3 is 2. The van der Waals surface area contributed by atoms with Crippen LogP contribution in [0.2, 0.25) is 0 Å². The van der Waals surface area contributed by atoms with Gasteiger partial charge in [0.2, 0.25) is 23.8 Å². The lowest BCUT2D eigenvalue weighted by molar-refractivity contribution is -0.506. The van der Waals surface area contributed by atoms with Crippen LogP contribution in [0, 0.1) is 9.81 Å². The Balaban J connectivity index is 1.52. The molecule has 184 valence electrons. The van der Waals surface area contributed by atoms with E-state index in [0.29, 0.717) is 20.4 Å². The molecule has 0 spiro atoms. The molecule has 0 radical (unpaired) electrons. The molecule has 4 rings (SSSR count). The van der Waals surface area contributed by atoms with Crippen LogP contribution in [-0.2, 0) is 0 Å². The highest BCUT2D eigenvalue weighted by atomic mass is 16.5. The molecule has 0 amide bonds. The van der Waals surface area contributed by atoms with E-state index in [9.17, 15) is 20.2 Å². The van der Waals surface area contributed by atoms with Crippen LogP contribution in [0.4, 0.5) is 0 Å². The number of benzene rings is 2. The molecule has 2 aromatic heterocycles. The van der Waals surface area contributed by atoms with E-state index < -0.39 is 0 Å². The maximum absolute atomic E-state index is 12.3. The third-order valence-corrected chi connectivity index (χ3v) is 5.10. The number of fused-ring (bicyclic) bond motifs is 2. The number of nitrogens with zero attached hydrogens (tertiary/aromatic N) is 5. The molecule has 15 nitrogen and oxygen atoms in total. The van der Waals surface area contributed by atoms with Crippen molar-refractivity contribution in [2.45, 2.75) is 0 Å². The molecule has 2 heterocycles. The van der Waals surface area contributed by atoms with Gasteiger partial charge in [-0.2, -0.15) is 9.46 Å². The van der Waals surface area contributed by atoms with E-state index in [0.717, 1.165) is 21.9 Å². The van der Waals surface area contributed by atoms with Gasteiger partial charge in [0.15, 0.2) is 11.0 Å². The number of nitrogens with two attached hydrogens (primary N) is 1. The second-order valence-electron chi connectivity index (χ2n) is 7.28. The molecule has 0 fully saturated rings. The maximum Gasteiger partial charge on any atom is 0.314 e. The summed E-state index contributed by atoms with van der Waals surface area (Å²) in [5.74, 6) is 0.787. The number of rotatable bonds is 6. The van der Waals surface area contributed by atoms with Crippen molar-refractivity contribution in [3.8, 4) is 11.5 Å². The molecule has 2 aromatic carbocycles. The number of hydrogen-bond donors (Lipinski definition) is 6. The third-order valence-electron chi connectivity index (χ3n) is 5.10. The Morgan fingerprint density at radius 2 is 1.56 bits per heavy atom.